The summed E-state index contributed by atoms with van der Waals surface area (Å²) < 4.78 is 82.1. The average Bonchev–Trinajstić information content (AvgIpc) is 0.799. The second-order valence-electron chi connectivity index (χ2n) is 28.0. The molecule has 102 heavy (non-hydrogen) atoms. The molecule has 6 heterocycles. The molecule has 6 fully saturated rings. The first-order chi connectivity index (χ1) is 47.7. The van der Waals surface area contributed by atoms with Crippen LogP contribution in [0.15, 0.2) is 70.7 Å². The Bertz CT molecular complexity index is 3050. The second-order valence-corrected chi connectivity index (χ2v) is 29.6. The van der Waals surface area contributed by atoms with Crippen molar-refractivity contribution in [1.29, 1.82) is 0 Å². The number of hydrogen-bond donors (Lipinski definition) is 16. The van der Waals surface area contributed by atoms with E-state index in [9.17, 15) is 89.9 Å². The molecule has 0 aromatic rings. The predicted octanol–water partition coefficient (Wildman–Crippen LogP) is -0.495. The van der Waals surface area contributed by atoms with Gasteiger partial charge in [-0.05, 0) is 52.9 Å². The Kier molecular flexibility index (Phi) is 30.2. The quantitative estimate of drug-likeness (QED) is 0.0318. The van der Waals surface area contributed by atoms with E-state index >= 15 is 0 Å². The van der Waals surface area contributed by atoms with Crippen molar-refractivity contribution < 1.29 is 156 Å². The molecule has 7 aliphatic rings. The topological polar surface area (TPSA) is 542 Å². The molecule has 0 radical (unpaired) electrons. The van der Waals surface area contributed by atoms with Crippen LogP contribution in [0.2, 0.25) is 0 Å². The zero-order chi connectivity index (χ0) is 75.6. The van der Waals surface area contributed by atoms with Gasteiger partial charge in [-0.3, -0.25) is 9.59 Å². The van der Waals surface area contributed by atoms with Gasteiger partial charge < -0.3 is 55.3 Å². The van der Waals surface area contributed by atoms with Crippen molar-refractivity contribution in [1.82, 2.24) is 5.32 Å². The van der Waals surface area contributed by atoms with Crippen molar-refractivity contribution in [2.75, 3.05) is 26.4 Å². The Morgan fingerprint density at radius 2 is 1.42 bits per heavy atom. The third-order valence-electron chi connectivity index (χ3n) is 18.8. The summed E-state index contributed by atoms with van der Waals surface area (Å²) in [6.45, 7) is 17.1. The minimum absolute atomic E-state index is 0.110. The molecule has 10 unspecified atom stereocenters. The minimum atomic E-state index is -5.83. The molecule has 0 aromatic carbocycles. The summed E-state index contributed by atoms with van der Waals surface area (Å²) in [6.07, 6.45) is -32.0. The number of rotatable bonds is 30. The summed E-state index contributed by atoms with van der Waals surface area (Å²) in [5.41, 5.74) is 12.4. The van der Waals surface area contributed by atoms with Gasteiger partial charge in [-0.25, -0.2) is 0 Å². The molecular weight excluding hydrogens is 1380 g/mol. The van der Waals surface area contributed by atoms with E-state index in [1.165, 1.54) is 25.0 Å². The fraction of sp³-hybridized carbons (Fsp3) is 0.742. The first-order valence-corrected chi connectivity index (χ1v) is 35.5. The number of carbonyl (C=O) groups is 5. The van der Waals surface area contributed by atoms with Gasteiger partial charge in [0.15, 0.2) is 18.2 Å². The van der Waals surface area contributed by atoms with Gasteiger partial charge in [-0.15, -0.1) is 0 Å². The maximum atomic E-state index is 13.4. The van der Waals surface area contributed by atoms with Gasteiger partial charge in [0.25, 0.3) is 5.91 Å². The van der Waals surface area contributed by atoms with Crippen LogP contribution in [-0.4, -0.2) is 269 Å². The predicted molar refractivity (Wildman–Crippen MR) is 351 cm³/mol. The third-order valence-corrected chi connectivity index (χ3v) is 19.9. The van der Waals surface area contributed by atoms with Gasteiger partial charge in [0.05, 0.1) is 6.61 Å². The number of amides is 3. The number of ether oxygens (including phenoxy) is 12. The Morgan fingerprint density at radius 1 is 0.755 bits per heavy atom. The number of allylic oxidation sites excluding steroid dienone is 10. The number of nitrogens with one attached hydrogen (secondary N) is 1. The van der Waals surface area contributed by atoms with E-state index in [0.29, 0.717) is 12.8 Å². The van der Waals surface area contributed by atoms with E-state index in [1.807, 2.05) is 6.92 Å². The van der Waals surface area contributed by atoms with Crippen molar-refractivity contribution in [2.45, 2.75) is 267 Å². The molecule has 26 atom stereocenters. The van der Waals surface area contributed by atoms with Gasteiger partial charge in [0, 0.05) is 12.8 Å². The monoisotopic (exact) mass is 1480 g/mol. The van der Waals surface area contributed by atoms with Crippen molar-refractivity contribution in [2.24, 2.45) is 28.7 Å². The van der Waals surface area contributed by atoms with Crippen LogP contribution in [-0.2, 0) is 85.1 Å². The fourth-order valence-electron chi connectivity index (χ4n) is 12.4. The first kappa shape index (κ1) is 84.3. The number of fused-ring (bicyclic) bond motifs is 5. The molecule has 7 rings (SSSR count). The number of carbonyl (C=O) groups excluding carboxylic acids is 4. The Balaban J connectivity index is 1.06. The third kappa shape index (κ3) is 21.7. The molecule has 0 spiro atoms. The number of carboxylic acid groups (broad SMARTS) is 1. The van der Waals surface area contributed by atoms with Crippen LogP contribution in [0, 0.1) is 17.3 Å². The van der Waals surface area contributed by atoms with Crippen LogP contribution < -0.4 is 16.8 Å². The summed E-state index contributed by atoms with van der Waals surface area (Å²) in [5.74, 6) is -8.21. The number of aliphatic hydroxyl groups excluding tert-OH is 9. The molecular formula is C66H104N3O32P. The standard InChI is InChI=1S/C66H104N3O32P/c1-29(2)14-13-16-30(3)17-18-32(5)21-24-65(8,9)23-12-11-15-31(4)22-25-88-39(57(82)83)28-90-102(86,87)101-63-52(53(99-64(68)84)66(10,85)54(98-63)55(67)80)97-58-33(6)41(73)48-38(92-58)27-89-60-47(79)49(43(75)37(26-70)91-60)94-62-51(42(74)34(7)59(93-48)100-62)96-61-46(78)44(76)45(77)50(95-61)56(81)69-40-35(71)19-20-36(40)72/h12,14,17,22-23,33-34,37-39,41-54,58-63,70-71,73-79,85-87,102H,5,11,13,15-16,18-21,24-28H2,1-4,6-10H3,(H2,67,80)(H2,68,84)(H,69,81)(H,82,83)/b23-12+,30-17+,31-22-/t33?,34?,37?,38?,39-,41-,42-,43-,44+,45-,46?,47?,48-,49+,50?,51+,52-,53?,54-,58+,59-,60-,61+,62?,63+,66?/m1/s1. The van der Waals surface area contributed by atoms with Gasteiger partial charge in [-0.1, -0.05) is 49.3 Å². The number of aliphatic carboxylic acids is 1. The summed E-state index contributed by atoms with van der Waals surface area (Å²) in [4.78, 5) is 86.8. The molecule has 6 aliphatic heterocycles. The number of primary amides is 2. The van der Waals surface area contributed by atoms with Gasteiger partial charge in [-0.2, -0.15) is 0 Å². The maximum absolute atomic E-state index is 13.4. The summed E-state index contributed by atoms with van der Waals surface area (Å²) in [6, 6.07) is 0. The van der Waals surface area contributed by atoms with Gasteiger partial charge >= 0.3 is 339 Å². The van der Waals surface area contributed by atoms with Crippen molar-refractivity contribution in [3.63, 3.8) is 0 Å². The number of hydrogen-bond acceptors (Lipinski definition) is 31. The number of aliphatic hydroxyl groups is 10. The van der Waals surface area contributed by atoms with Gasteiger partial charge in [0.1, 0.15) is 42.0 Å². The van der Waals surface area contributed by atoms with Crippen LogP contribution in [0.1, 0.15) is 120 Å². The van der Waals surface area contributed by atoms with Gasteiger partial charge in [0.2, 0.25) is 0 Å². The Morgan fingerprint density at radius 3 is 2.06 bits per heavy atom. The molecule has 580 valence electrons. The Labute approximate surface area is 590 Å². The number of carboxylic acids is 1. The van der Waals surface area contributed by atoms with Crippen LogP contribution >= 0.6 is 8.17 Å². The number of ketones is 1. The van der Waals surface area contributed by atoms with Crippen LogP contribution in [0.25, 0.3) is 0 Å². The molecule has 3 amide bonds. The van der Waals surface area contributed by atoms with Crippen molar-refractivity contribution in [3.8, 4) is 0 Å². The molecule has 1 aliphatic carbocycles. The summed E-state index contributed by atoms with van der Waals surface area (Å²) in [7, 11) is -5.83. The zero-order valence-corrected chi connectivity index (χ0v) is 59.4. The number of nitrogens with two attached hydrogens (primary N) is 2. The second kappa shape index (κ2) is 36.6. The van der Waals surface area contributed by atoms with Crippen molar-refractivity contribution in [3.05, 3.63) is 70.7 Å². The Hall–Kier alpha value is -4.94. The molecule has 35 nitrogen and oxygen atoms in total. The molecule has 6 saturated heterocycles. The normalized spacial score (nSPS) is 37.7. The van der Waals surface area contributed by atoms with Crippen LogP contribution in [0.4, 0.5) is 4.79 Å². The van der Waals surface area contributed by atoms with E-state index in [2.05, 4.69) is 70.8 Å². The van der Waals surface area contributed by atoms with Crippen LogP contribution in [0.3, 0.4) is 0 Å². The summed E-state index contributed by atoms with van der Waals surface area (Å²) in [5, 5.41) is 126. The van der Waals surface area contributed by atoms with E-state index < -0.39 is 228 Å². The van der Waals surface area contributed by atoms with E-state index in [0.717, 1.165) is 50.2 Å². The zero-order valence-electron chi connectivity index (χ0n) is 58.4. The van der Waals surface area contributed by atoms with E-state index in [1.54, 1.807) is 6.08 Å². The van der Waals surface area contributed by atoms with E-state index in [4.69, 9.17) is 77.4 Å². The van der Waals surface area contributed by atoms with E-state index in [-0.39, 0.29) is 24.9 Å². The van der Waals surface area contributed by atoms with Crippen molar-refractivity contribution >= 4 is 37.8 Å². The summed E-state index contributed by atoms with van der Waals surface area (Å²) >= 11 is 0. The molecule has 4 bridgehead atoms. The SMILES string of the molecule is C=C(C/C=C(\C)CCC=C(C)C)CCC(C)(C)/C=C/CC/C(C)=C\CO[C@H](CO[PH](O)(O)O[C@@H]1O[C@H](C(N)=O)C(C)(O)C(OC(N)=O)[C@H]1O[C@@H]1OC2CO[C@@H]3OC(CO)[C@@H](O)[C@H](OC4O[C@@H](O[C@H]2[C@H](O)C1C)C(C)[C@@H](O)[C@@H]4O[C@@H]1OC(C(=O)NC2=C(O)CCC2=O)[C@H](O)[C@H](O)C1O)C3O)C(=O)O. The average molecular weight is 1480 g/mol. The first-order valence-electron chi connectivity index (χ1n) is 33.8. The fourth-order valence-corrected chi connectivity index (χ4v) is 13.4. The van der Waals surface area contributed by atoms with Crippen LogP contribution in [0.5, 0.6) is 0 Å². The number of Topliss-reactive ketones (excluding diaryl/α,β-unsaturated/α-hetero) is 1. The molecule has 18 N–H and O–H groups in total. The molecule has 0 saturated carbocycles. The molecule has 36 heteroatoms. The molecule has 0 aromatic heterocycles.